The highest BCUT2D eigenvalue weighted by Crippen LogP contribution is 2.19. The zero-order valence-corrected chi connectivity index (χ0v) is 12.2. The van der Waals surface area contributed by atoms with Crippen LogP contribution in [0.25, 0.3) is 5.69 Å². The highest BCUT2D eigenvalue weighted by Gasteiger charge is 2.28. The summed E-state index contributed by atoms with van der Waals surface area (Å²) in [5.74, 6) is 0.0428. The Morgan fingerprint density at radius 1 is 1.33 bits per heavy atom. The number of amides is 1. The van der Waals surface area contributed by atoms with Gasteiger partial charge in [0.25, 0.3) is 5.91 Å². The number of rotatable bonds is 3. The Hall–Kier alpha value is -1.99. The predicted molar refractivity (Wildman–Crippen MR) is 79.5 cm³/mol. The summed E-state index contributed by atoms with van der Waals surface area (Å²) in [5.41, 5.74) is 7.20. The number of nitrogens with two attached hydrogens (primary N) is 1. The fraction of sp³-hybridized carbons (Fsp3) is 0.385. The summed E-state index contributed by atoms with van der Waals surface area (Å²) in [7, 11) is 0. The number of hydrogen-bond donors (Lipinski definition) is 1. The van der Waals surface area contributed by atoms with Gasteiger partial charge in [-0.3, -0.25) is 4.79 Å². The van der Waals surface area contributed by atoms with Crippen molar-refractivity contribution in [2.24, 2.45) is 5.73 Å². The van der Waals surface area contributed by atoms with E-state index in [0.717, 1.165) is 25.1 Å². The largest absolute Gasteiger partial charge is 0.334 e. The van der Waals surface area contributed by atoms with Gasteiger partial charge in [-0.25, -0.2) is 4.68 Å². The van der Waals surface area contributed by atoms with Gasteiger partial charge in [0.05, 0.1) is 5.69 Å². The lowest BCUT2D eigenvalue weighted by Crippen LogP contribution is -2.39. The minimum atomic E-state index is 0. The molecule has 0 aliphatic carbocycles. The molecule has 0 saturated carbocycles. The summed E-state index contributed by atoms with van der Waals surface area (Å²) in [6.07, 6.45) is 3.53. The maximum Gasteiger partial charge on any atom is 0.254 e. The van der Waals surface area contributed by atoms with E-state index >= 15 is 0 Å². The first-order valence-electron chi connectivity index (χ1n) is 6.64. The Bertz CT molecular complexity index is 585. The molecule has 0 bridgehead atoms. The van der Waals surface area contributed by atoms with Gasteiger partial charge < -0.3 is 10.6 Å². The van der Waals surface area contributed by atoms with Crippen LogP contribution in [-0.4, -0.2) is 50.1 Å². The molecule has 21 heavy (non-hydrogen) atoms. The van der Waals surface area contributed by atoms with Gasteiger partial charge in [0.1, 0.15) is 6.33 Å². The fourth-order valence-corrected chi connectivity index (χ4v) is 2.55. The minimum absolute atomic E-state index is 0. The summed E-state index contributed by atoms with van der Waals surface area (Å²) in [5, 5.41) is 11.0. The highest BCUT2D eigenvalue weighted by atomic mass is 35.5. The standard InChI is InChI=1S/C13H16N6O.ClH/c14-8-12-2-1-7-18(12)13(20)10-3-5-11(6-4-10)19-9-15-16-17-19;/h3-6,9,12H,1-2,7-8,14H2;1H. The number of carbonyl (C=O) groups excluding carboxylic acids is 1. The molecule has 0 radical (unpaired) electrons. The van der Waals surface area contributed by atoms with Crippen molar-refractivity contribution < 1.29 is 4.79 Å². The Morgan fingerprint density at radius 3 is 2.71 bits per heavy atom. The number of halogens is 1. The van der Waals surface area contributed by atoms with Crippen LogP contribution >= 0.6 is 12.4 Å². The number of carbonyl (C=O) groups is 1. The lowest BCUT2D eigenvalue weighted by Gasteiger charge is -2.23. The third-order valence-corrected chi connectivity index (χ3v) is 3.64. The normalized spacial score (nSPS) is 17.6. The van der Waals surface area contributed by atoms with E-state index in [0.29, 0.717) is 12.1 Å². The van der Waals surface area contributed by atoms with Gasteiger partial charge in [0, 0.05) is 24.7 Å². The third kappa shape index (κ3) is 3.03. The van der Waals surface area contributed by atoms with Gasteiger partial charge in [0.15, 0.2) is 0 Å². The van der Waals surface area contributed by atoms with Crippen molar-refractivity contribution in [2.75, 3.05) is 13.1 Å². The first-order valence-corrected chi connectivity index (χ1v) is 6.64. The zero-order chi connectivity index (χ0) is 13.9. The number of nitrogens with zero attached hydrogens (tertiary/aromatic N) is 5. The number of benzene rings is 1. The maximum atomic E-state index is 12.4. The Labute approximate surface area is 128 Å². The number of likely N-dealkylation sites (tertiary alicyclic amines) is 1. The van der Waals surface area contributed by atoms with Crippen molar-refractivity contribution in [3.8, 4) is 5.69 Å². The van der Waals surface area contributed by atoms with Crippen LogP contribution in [0, 0.1) is 0 Å². The van der Waals surface area contributed by atoms with Gasteiger partial charge in [0.2, 0.25) is 0 Å². The van der Waals surface area contributed by atoms with Crippen LogP contribution in [0.3, 0.4) is 0 Å². The van der Waals surface area contributed by atoms with E-state index in [1.165, 1.54) is 6.33 Å². The first-order chi connectivity index (χ1) is 9.79. The Kier molecular flexibility index (Phi) is 4.87. The SMILES string of the molecule is Cl.NCC1CCCN1C(=O)c1ccc(-n2cnnn2)cc1. The van der Waals surface area contributed by atoms with Gasteiger partial charge in [-0.2, -0.15) is 0 Å². The van der Waals surface area contributed by atoms with E-state index in [2.05, 4.69) is 15.5 Å². The molecule has 8 heteroatoms. The first kappa shape index (κ1) is 15.4. The van der Waals surface area contributed by atoms with Gasteiger partial charge >= 0.3 is 0 Å². The van der Waals surface area contributed by atoms with Crippen molar-refractivity contribution in [3.63, 3.8) is 0 Å². The van der Waals surface area contributed by atoms with E-state index in [9.17, 15) is 4.79 Å². The predicted octanol–water partition coefficient (Wildman–Crippen LogP) is 0.647. The van der Waals surface area contributed by atoms with E-state index in [1.54, 1.807) is 16.8 Å². The molecule has 2 heterocycles. The number of tetrazole rings is 1. The van der Waals surface area contributed by atoms with E-state index in [1.807, 2.05) is 17.0 Å². The molecule has 1 fully saturated rings. The van der Waals surface area contributed by atoms with Gasteiger partial charge in [-0.05, 0) is 47.5 Å². The molecule has 7 nitrogen and oxygen atoms in total. The molecule has 1 aliphatic heterocycles. The van der Waals surface area contributed by atoms with Crippen LogP contribution < -0.4 is 5.73 Å². The third-order valence-electron chi connectivity index (χ3n) is 3.64. The van der Waals surface area contributed by atoms with Crippen molar-refractivity contribution in [3.05, 3.63) is 36.2 Å². The van der Waals surface area contributed by atoms with E-state index in [4.69, 9.17) is 5.73 Å². The molecule has 1 atom stereocenters. The lowest BCUT2D eigenvalue weighted by atomic mass is 10.1. The Morgan fingerprint density at radius 2 is 2.10 bits per heavy atom. The van der Waals surface area contributed by atoms with Crippen molar-refractivity contribution in [1.29, 1.82) is 0 Å². The number of aromatic nitrogens is 4. The topological polar surface area (TPSA) is 89.9 Å². The van der Waals surface area contributed by atoms with Crippen LogP contribution in [0.1, 0.15) is 23.2 Å². The minimum Gasteiger partial charge on any atom is -0.334 e. The zero-order valence-electron chi connectivity index (χ0n) is 11.4. The number of hydrogen-bond acceptors (Lipinski definition) is 5. The fourth-order valence-electron chi connectivity index (χ4n) is 2.55. The van der Waals surface area contributed by atoms with Crippen LogP contribution in [0.15, 0.2) is 30.6 Å². The molecule has 0 spiro atoms. The smallest absolute Gasteiger partial charge is 0.254 e. The second-order valence-corrected chi connectivity index (χ2v) is 4.83. The van der Waals surface area contributed by atoms with E-state index < -0.39 is 0 Å². The maximum absolute atomic E-state index is 12.4. The monoisotopic (exact) mass is 308 g/mol. The van der Waals surface area contributed by atoms with Crippen molar-refractivity contribution >= 4 is 18.3 Å². The van der Waals surface area contributed by atoms with Crippen molar-refractivity contribution in [2.45, 2.75) is 18.9 Å². The van der Waals surface area contributed by atoms with Crippen LogP contribution in [-0.2, 0) is 0 Å². The lowest BCUT2D eigenvalue weighted by molar-refractivity contribution is 0.0741. The molecule has 1 saturated heterocycles. The molecule has 1 aromatic carbocycles. The van der Waals surface area contributed by atoms with Crippen LogP contribution in [0.2, 0.25) is 0 Å². The molecule has 1 unspecified atom stereocenters. The molecule has 1 aliphatic rings. The summed E-state index contributed by atoms with van der Waals surface area (Å²) >= 11 is 0. The summed E-state index contributed by atoms with van der Waals surface area (Å²) < 4.78 is 1.55. The van der Waals surface area contributed by atoms with Gasteiger partial charge in [-0.1, -0.05) is 0 Å². The molecule has 1 amide bonds. The molecular formula is C13H17ClN6O. The summed E-state index contributed by atoms with van der Waals surface area (Å²) in [4.78, 5) is 14.3. The molecular weight excluding hydrogens is 292 g/mol. The second-order valence-electron chi connectivity index (χ2n) is 4.83. The van der Waals surface area contributed by atoms with Crippen LogP contribution in [0.4, 0.5) is 0 Å². The molecule has 1 aromatic heterocycles. The molecule has 112 valence electrons. The van der Waals surface area contributed by atoms with Gasteiger partial charge in [-0.15, -0.1) is 17.5 Å². The Balaban J connectivity index is 0.00000161. The molecule has 2 N–H and O–H groups in total. The highest BCUT2D eigenvalue weighted by molar-refractivity contribution is 5.94. The average Bonchev–Trinajstić information content (AvgIpc) is 3.17. The quantitative estimate of drug-likeness (QED) is 0.899. The molecule has 3 rings (SSSR count). The second kappa shape index (κ2) is 6.64. The van der Waals surface area contributed by atoms with Crippen molar-refractivity contribution in [1.82, 2.24) is 25.1 Å². The van der Waals surface area contributed by atoms with Crippen LogP contribution in [0.5, 0.6) is 0 Å². The van der Waals surface area contributed by atoms with E-state index in [-0.39, 0.29) is 24.4 Å². The summed E-state index contributed by atoms with van der Waals surface area (Å²) in [6, 6.07) is 7.42. The molecule has 2 aromatic rings. The average molecular weight is 309 g/mol. The summed E-state index contributed by atoms with van der Waals surface area (Å²) in [6.45, 7) is 1.31.